The Bertz CT molecular complexity index is 1210. The topological polar surface area (TPSA) is 36.7 Å². The summed E-state index contributed by atoms with van der Waals surface area (Å²) in [5.41, 5.74) is 1.75. The van der Waals surface area contributed by atoms with Gasteiger partial charge in [0.1, 0.15) is 0 Å². The molecule has 5 rings (SSSR count). The van der Waals surface area contributed by atoms with E-state index in [4.69, 9.17) is 5.26 Å². The van der Waals surface area contributed by atoms with Gasteiger partial charge in [-0.3, -0.25) is 0 Å². The number of nitriles is 1. The van der Waals surface area contributed by atoms with Crippen molar-refractivity contribution in [3.8, 4) is 6.07 Å². The zero-order valence-electron chi connectivity index (χ0n) is 14.7. The Morgan fingerprint density at radius 1 is 0.786 bits per heavy atom. The molecule has 1 aromatic heterocycles. The number of hydrogen-bond donors (Lipinski definition) is 0. The second-order valence-corrected chi connectivity index (χ2v) is 5.95. The molecular weight excluding hydrogens is 547 g/mol. The predicted molar refractivity (Wildman–Crippen MR) is 113 cm³/mol. The van der Waals surface area contributed by atoms with E-state index in [-0.39, 0.29) is 0 Å². The molecule has 0 spiro atoms. The van der Waals surface area contributed by atoms with E-state index < -0.39 is 0 Å². The molecule has 0 atom stereocenters. The summed E-state index contributed by atoms with van der Waals surface area (Å²) in [6.07, 6.45) is 1.82. The van der Waals surface area contributed by atoms with E-state index in [9.17, 15) is 0 Å². The summed E-state index contributed by atoms with van der Waals surface area (Å²) in [6.45, 7) is 0. The van der Waals surface area contributed by atoms with Crippen LogP contribution in [0, 0.1) is 17.4 Å². The molecule has 0 aliphatic rings. The molecule has 28 heavy (non-hydrogen) atoms. The number of fused-ring (bicyclic) bond motifs is 4. The van der Waals surface area contributed by atoms with Gasteiger partial charge in [-0.05, 0) is 39.9 Å². The summed E-state index contributed by atoms with van der Waals surface area (Å²) in [6, 6.07) is 33.3. The normalized spacial score (nSPS) is 9.79. The quantitative estimate of drug-likeness (QED) is 0.158. The number of hydrogen-bond acceptors (Lipinski definition) is 2. The van der Waals surface area contributed by atoms with Crippen molar-refractivity contribution < 1.29 is 18.8 Å². The van der Waals surface area contributed by atoms with Gasteiger partial charge < -0.3 is 4.98 Å². The third-order valence-electron chi connectivity index (χ3n) is 4.29. The number of rotatable bonds is 0. The first-order valence-electron chi connectivity index (χ1n) is 8.50. The van der Waals surface area contributed by atoms with Gasteiger partial charge in [-0.2, -0.15) is 5.26 Å². The van der Waals surface area contributed by atoms with Crippen LogP contribution in [-0.4, -0.2) is 4.98 Å². The van der Waals surface area contributed by atoms with Crippen molar-refractivity contribution in [2.24, 2.45) is 0 Å². The van der Waals surface area contributed by atoms with Gasteiger partial charge >= 0.3 is 28.2 Å². The van der Waals surface area contributed by atoms with Crippen LogP contribution in [-0.2, 0) is 18.8 Å². The molecule has 4 aromatic carbocycles. The first kappa shape index (κ1) is 20.0. The number of aromatic nitrogens is 1. The van der Waals surface area contributed by atoms with E-state index >= 15 is 0 Å². The van der Waals surface area contributed by atoms with E-state index in [2.05, 4.69) is 50.8 Å². The van der Waals surface area contributed by atoms with Gasteiger partial charge in [-0.15, -0.1) is 35.0 Å². The molecule has 5 aromatic rings. The van der Waals surface area contributed by atoms with Crippen molar-refractivity contribution in [2.75, 3.05) is 0 Å². The van der Waals surface area contributed by atoms with Crippen molar-refractivity contribution in [1.29, 1.82) is 5.26 Å². The Balaban J connectivity index is 0.000000150. The Kier molecular flexibility index (Phi) is 7.15. The van der Waals surface area contributed by atoms with E-state index in [0.717, 1.165) is 16.3 Å². The van der Waals surface area contributed by atoms with Gasteiger partial charge in [0.25, 0.3) is 0 Å². The van der Waals surface area contributed by atoms with Crippen LogP contribution in [0.3, 0.4) is 0 Å². The molecule has 2 nitrogen and oxygen atoms in total. The van der Waals surface area contributed by atoms with Crippen molar-refractivity contribution in [3.63, 3.8) is 0 Å². The van der Waals surface area contributed by atoms with Crippen LogP contribution in [0.25, 0.3) is 32.4 Å². The zero-order valence-corrected chi connectivity index (χ0v) is 17.8. The molecule has 0 amide bonds. The van der Waals surface area contributed by atoms with Crippen molar-refractivity contribution in [3.05, 3.63) is 103 Å². The fourth-order valence-corrected chi connectivity index (χ4v) is 2.99. The molecule has 0 bridgehead atoms. The van der Waals surface area contributed by atoms with Crippen molar-refractivity contribution in [2.45, 2.75) is 0 Å². The maximum atomic E-state index is 8.65. The summed E-state index contributed by atoms with van der Waals surface area (Å²) in [5.74, 6) is 0. The molecule has 0 aliphatic carbocycles. The molecule has 0 unspecified atom stereocenters. The average Bonchev–Trinajstić information content (AvgIpc) is 2.80. The van der Waals surface area contributed by atoms with E-state index in [1.807, 2.05) is 66.9 Å². The van der Waals surface area contributed by atoms with Crippen LogP contribution in [0.15, 0.2) is 91.1 Å². The second kappa shape index (κ2) is 10.00. The van der Waals surface area contributed by atoms with Crippen LogP contribution < -0.4 is 0 Å². The number of pyridine rings is 1. The minimum Gasteiger partial charge on any atom is -0.304 e. The summed E-state index contributed by atoms with van der Waals surface area (Å²) in [5, 5.41) is 14.4. The maximum absolute atomic E-state index is 8.65. The fourth-order valence-electron chi connectivity index (χ4n) is 2.99. The van der Waals surface area contributed by atoms with Gasteiger partial charge in [-0.1, -0.05) is 48.5 Å². The first-order valence-corrected chi connectivity index (χ1v) is 11.3. The third-order valence-corrected chi connectivity index (χ3v) is 4.29. The maximum Gasteiger partial charge on any atom is 0.0161 e. The van der Waals surface area contributed by atoms with Crippen LogP contribution in [0.1, 0.15) is 5.56 Å². The molecule has 0 saturated carbocycles. The van der Waals surface area contributed by atoms with Crippen LogP contribution in [0.2, 0.25) is 0 Å². The van der Waals surface area contributed by atoms with Gasteiger partial charge in [0.05, 0.1) is 11.6 Å². The average molecular weight is 562 g/mol. The van der Waals surface area contributed by atoms with Gasteiger partial charge in [0.2, 0.25) is 0 Å². The monoisotopic (exact) mass is 561 g/mol. The Morgan fingerprint density at radius 3 is 2.29 bits per heavy atom. The molecule has 0 N–H and O–H groups in total. The minimum atomic E-state index is 0.716. The third kappa shape index (κ3) is 4.57. The van der Waals surface area contributed by atoms with E-state index in [0.29, 0.717) is 5.56 Å². The SMILES string of the molecule is N#Cc1ccc2ccccc2c1.[Cl][Pt+].[c-]1cccc2ccc3cccnc3c12. The fraction of sp³-hybridized carbons (Fsp3) is 0. The first-order chi connectivity index (χ1) is 13.8. The van der Waals surface area contributed by atoms with Crippen molar-refractivity contribution >= 4 is 41.9 Å². The zero-order chi connectivity index (χ0) is 19.8. The molecular formula is C24H15ClN2Pt. The second-order valence-electron chi connectivity index (χ2n) is 5.95. The molecule has 0 radical (unpaired) electrons. The molecule has 0 fully saturated rings. The molecule has 138 valence electrons. The van der Waals surface area contributed by atoms with Gasteiger partial charge in [0, 0.05) is 6.20 Å². The molecule has 0 saturated heterocycles. The summed E-state index contributed by atoms with van der Waals surface area (Å²) in [7, 11) is 4.61. The summed E-state index contributed by atoms with van der Waals surface area (Å²) >= 11 is 1.61. The number of halogens is 1. The van der Waals surface area contributed by atoms with Gasteiger partial charge in [-0.25, -0.2) is 0 Å². The standard InChI is InChI=1S/C13H8N.C11H7N.ClH.Pt/c1-2-6-12-10(4-1)7-8-11-5-3-9-14-13(11)12;12-8-9-5-6-10-3-1-2-4-11(10)7-9;;/h1-5,7-9H;1-7H;1H;/q-1;;;+2/p-1. The van der Waals surface area contributed by atoms with Crippen LogP contribution in [0.4, 0.5) is 0 Å². The largest absolute Gasteiger partial charge is 0.304 e. The predicted octanol–water partition coefficient (Wildman–Crippen LogP) is 6.59. The summed E-state index contributed by atoms with van der Waals surface area (Å²) in [4.78, 5) is 4.38. The summed E-state index contributed by atoms with van der Waals surface area (Å²) < 4.78 is 0. The Morgan fingerprint density at radius 2 is 1.46 bits per heavy atom. The molecule has 4 heteroatoms. The van der Waals surface area contributed by atoms with Crippen LogP contribution in [0.5, 0.6) is 0 Å². The number of nitrogens with zero attached hydrogens (tertiary/aromatic N) is 2. The molecule has 1 heterocycles. The van der Waals surface area contributed by atoms with Gasteiger partial charge in [0.15, 0.2) is 0 Å². The number of benzene rings is 4. The van der Waals surface area contributed by atoms with Crippen LogP contribution >= 0.6 is 9.42 Å². The van der Waals surface area contributed by atoms with Crippen molar-refractivity contribution in [1.82, 2.24) is 4.98 Å². The smallest absolute Gasteiger partial charge is 0.0161 e. The van der Waals surface area contributed by atoms with E-state index in [1.54, 1.807) is 18.8 Å². The molecule has 0 aliphatic heterocycles. The minimum absolute atomic E-state index is 0.716. The Labute approximate surface area is 179 Å². The van der Waals surface area contributed by atoms with E-state index in [1.165, 1.54) is 16.2 Å². The Hall–Kier alpha value is -2.72.